The molecule has 0 radical (unpaired) electrons. The van der Waals surface area contributed by atoms with E-state index in [0.29, 0.717) is 32.3 Å². The molecule has 0 aliphatic rings. The van der Waals surface area contributed by atoms with Crippen LogP contribution in [0.2, 0.25) is 0 Å². The minimum atomic E-state index is -0.549. The number of ether oxygens (including phenoxy) is 2. The maximum Gasteiger partial charge on any atom is 0.311 e. The molecule has 0 amide bonds. The Morgan fingerprint density at radius 2 is 1.82 bits per heavy atom. The SMILES string of the molecule is CCOC(=O)CCCCCC(=O)Oc1cccc([N+](=O)[O-])c1. The van der Waals surface area contributed by atoms with Crippen LogP contribution in [0.5, 0.6) is 5.75 Å². The highest BCUT2D eigenvalue weighted by Crippen LogP contribution is 2.19. The third-order valence-electron chi connectivity index (χ3n) is 2.83. The maximum atomic E-state index is 11.6. The summed E-state index contributed by atoms with van der Waals surface area (Å²) in [7, 11) is 0. The van der Waals surface area contributed by atoms with Crippen LogP contribution in [-0.4, -0.2) is 23.5 Å². The number of hydrogen-bond acceptors (Lipinski definition) is 6. The molecule has 0 spiro atoms. The lowest BCUT2D eigenvalue weighted by Crippen LogP contribution is -2.08. The van der Waals surface area contributed by atoms with Gasteiger partial charge in [-0.3, -0.25) is 19.7 Å². The number of non-ortho nitro benzene ring substituents is 1. The largest absolute Gasteiger partial charge is 0.466 e. The Morgan fingerprint density at radius 3 is 2.45 bits per heavy atom. The van der Waals surface area contributed by atoms with Crippen molar-refractivity contribution in [2.24, 2.45) is 0 Å². The summed E-state index contributed by atoms with van der Waals surface area (Å²) in [5.41, 5.74) is -0.125. The second kappa shape index (κ2) is 9.49. The van der Waals surface area contributed by atoms with Crippen LogP contribution in [0.3, 0.4) is 0 Å². The number of nitro groups is 1. The first kappa shape index (κ1) is 17.6. The molecular formula is C15H19NO6. The van der Waals surface area contributed by atoms with E-state index in [4.69, 9.17) is 9.47 Å². The topological polar surface area (TPSA) is 95.7 Å². The minimum absolute atomic E-state index is 0.125. The van der Waals surface area contributed by atoms with Crippen molar-refractivity contribution >= 4 is 17.6 Å². The molecule has 0 N–H and O–H groups in total. The van der Waals surface area contributed by atoms with Crippen molar-refractivity contribution in [3.05, 3.63) is 34.4 Å². The zero-order valence-corrected chi connectivity index (χ0v) is 12.4. The monoisotopic (exact) mass is 309 g/mol. The number of carbonyl (C=O) groups excluding carboxylic acids is 2. The average molecular weight is 309 g/mol. The summed E-state index contributed by atoms with van der Waals surface area (Å²) in [5, 5.41) is 10.6. The van der Waals surface area contributed by atoms with Gasteiger partial charge in [-0.05, 0) is 25.8 Å². The van der Waals surface area contributed by atoms with Crippen LogP contribution in [0.1, 0.15) is 39.0 Å². The van der Waals surface area contributed by atoms with Gasteiger partial charge in [0.1, 0.15) is 5.75 Å². The Kier molecular flexibility index (Phi) is 7.60. The summed E-state index contributed by atoms with van der Waals surface area (Å²) in [5.74, 6) is -0.524. The van der Waals surface area contributed by atoms with Crippen molar-refractivity contribution < 1.29 is 24.0 Å². The van der Waals surface area contributed by atoms with Gasteiger partial charge >= 0.3 is 11.9 Å². The van der Waals surface area contributed by atoms with Crippen molar-refractivity contribution in [2.45, 2.75) is 39.0 Å². The molecule has 0 aromatic heterocycles. The molecule has 0 saturated carbocycles. The summed E-state index contributed by atoms with van der Waals surface area (Å²) >= 11 is 0. The molecule has 1 aromatic carbocycles. The Morgan fingerprint density at radius 1 is 1.14 bits per heavy atom. The van der Waals surface area contributed by atoms with Crippen LogP contribution in [0, 0.1) is 10.1 Å². The van der Waals surface area contributed by atoms with Crippen LogP contribution in [0.4, 0.5) is 5.69 Å². The fourth-order valence-corrected chi connectivity index (χ4v) is 1.79. The molecule has 0 bridgehead atoms. The van der Waals surface area contributed by atoms with Crippen molar-refractivity contribution in [1.82, 2.24) is 0 Å². The number of rotatable bonds is 9. The number of esters is 2. The van der Waals surface area contributed by atoms with Crippen molar-refractivity contribution in [3.63, 3.8) is 0 Å². The second-order valence-electron chi connectivity index (χ2n) is 4.59. The number of benzene rings is 1. The summed E-state index contributed by atoms with van der Waals surface area (Å²) in [6.07, 6.45) is 2.50. The fourth-order valence-electron chi connectivity index (χ4n) is 1.79. The molecule has 7 nitrogen and oxygen atoms in total. The van der Waals surface area contributed by atoms with Crippen LogP contribution in [0.25, 0.3) is 0 Å². The van der Waals surface area contributed by atoms with E-state index in [9.17, 15) is 19.7 Å². The normalized spacial score (nSPS) is 10.0. The van der Waals surface area contributed by atoms with Gasteiger partial charge in [0, 0.05) is 18.9 Å². The first-order valence-corrected chi connectivity index (χ1v) is 7.13. The van der Waals surface area contributed by atoms with Crippen LogP contribution in [0.15, 0.2) is 24.3 Å². The summed E-state index contributed by atoms with van der Waals surface area (Å²) in [4.78, 5) is 32.8. The first-order chi connectivity index (χ1) is 10.5. The molecule has 120 valence electrons. The third kappa shape index (κ3) is 6.83. The van der Waals surface area contributed by atoms with E-state index in [1.807, 2.05) is 0 Å². The average Bonchev–Trinajstić information content (AvgIpc) is 2.47. The highest BCUT2D eigenvalue weighted by molar-refractivity contribution is 5.72. The third-order valence-corrected chi connectivity index (χ3v) is 2.83. The Bertz CT molecular complexity index is 529. The molecular weight excluding hydrogens is 290 g/mol. The molecule has 0 atom stereocenters. The molecule has 22 heavy (non-hydrogen) atoms. The van der Waals surface area contributed by atoms with Gasteiger partial charge in [0.15, 0.2) is 0 Å². The molecule has 0 fully saturated rings. The van der Waals surface area contributed by atoms with Gasteiger partial charge in [0.2, 0.25) is 0 Å². The highest BCUT2D eigenvalue weighted by Gasteiger charge is 2.10. The second-order valence-corrected chi connectivity index (χ2v) is 4.59. The number of nitro benzene ring substituents is 1. The van der Waals surface area contributed by atoms with Crippen molar-refractivity contribution in [2.75, 3.05) is 6.61 Å². The van der Waals surface area contributed by atoms with Crippen LogP contribution < -0.4 is 4.74 Å². The summed E-state index contributed by atoms with van der Waals surface area (Å²) in [6, 6.07) is 5.48. The van der Waals surface area contributed by atoms with Crippen molar-refractivity contribution in [1.29, 1.82) is 0 Å². The van der Waals surface area contributed by atoms with Gasteiger partial charge in [-0.15, -0.1) is 0 Å². The Balaban J connectivity index is 2.25. The van der Waals surface area contributed by atoms with Gasteiger partial charge in [-0.25, -0.2) is 0 Å². The summed E-state index contributed by atoms with van der Waals surface area (Å²) < 4.78 is 9.83. The number of nitrogens with zero attached hydrogens (tertiary/aromatic N) is 1. The smallest absolute Gasteiger partial charge is 0.311 e. The zero-order chi connectivity index (χ0) is 16.4. The van der Waals surface area contributed by atoms with Crippen molar-refractivity contribution in [3.8, 4) is 5.75 Å². The van der Waals surface area contributed by atoms with E-state index >= 15 is 0 Å². The van der Waals surface area contributed by atoms with Gasteiger partial charge in [0.25, 0.3) is 5.69 Å². The molecule has 7 heteroatoms. The first-order valence-electron chi connectivity index (χ1n) is 7.13. The number of unbranched alkanes of at least 4 members (excludes halogenated alkanes) is 2. The predicted molar refractivity (Wildman–Crippen MR) is 78.4 cm³/mol. The van der Waals surface area contributed by atoms with E-state index in [1.54, 1.807) is 6.92 Å². The summed E-state index contributed by atoms with van der Waals surface area (Å²) in [6.45, 7) is 2.12. The van der Waals surface area contributed by atoms with E-state index in [-0.39, 0.29) is 23.8 Å². The lowest BCUT2D eigenvalue weighted by atomic mass is 10.1. The predicted octanol–water partition coefficient (Wildman–Crippen LogP) is 3.01. The molecule has 0 unspecified atom stereocenters. The van der Waals surface area contributed by atoms with E-state index < -0.39 is 10.9 Å². The van der Waals surface area contributed by atoms with E-state index in [0.717, 1.165) is 0 Å². The van der Waals surface area contributed by atoms with Gasteiger partial charge in [-0.2, -0.15) is 0 Å². The molecule has 0 heterocycles. The van der Waals surface area contributed by atoms with E-state index in [1.165, 1.54) is 24.3 Å². The maximum absolute atomic E-state index is 11.6. The van der Waals surface area contributed by atoms with E-state index in [2.05, 4.69) is 0 Å². The van der Waals surface area contributed by atoms with Gasteiger partial charge < -0.3 is 9.47 Å². The standard InChI is InChI=1S/C15H19NO6/c1-2-21-14(17)9-4-3-5-10-15(18)22-13-8-6-7-12(11-13)16(19)20/h6-8,11H,2-5,9-10H2,1H3. The number of carbonyl (C=O) groups is 2. The lowest BCUT2D eigenvalue weighted by Gasteiger charge is -2.04. The Labute approximate surface area is 128 Å². The van der Waals surface area contributed by atoms with Gasteiger partial charge in [-0.1, -0.05) is 12.5 Å². The van der Waals surface area contributed by atoms with Crippen LogP contribution >= 0.6 is 0 Å². The highest BCUT2D eigenvalue weighted by atomic mass is 16.6. The quantitative estimate of drug-likeness (QED) is 0.229. The molecule has 1 rings (SSSR count). The minimum Gasteiger partial charge on any atom is -0.466 e. The Hall–Kier alpha value is -2.44. The molecule has 0 saturated heterocycles. The zero-order valence-electron chi connectivity index (χ0n) is 12.4. The number of hydrogen-bond donors (Lipinski definition) is 0. The molecule has 0 aliphatic heterocycles. The van der Waals surface area contributed by atoms with Gasteiger partial charge in [0.05, 0.1) is 17.6 Å². The molecule has 1 aromatic rings. The van der Waals surface area contributed by atoms with Crippen LogP contribution in [-0.2, 0) is 14.3 Å². The fraction of sp³-hybridized carbons (Fsp3) is 0.467. The lowest BCUT2D eigenvalue weighted by molar-refractivity contribution is -0.384. The molecule has 0 aliphatic carbocycles.